The summed E-state index contributed by atoms with van der Waals surface area (Å²) in [6.07, 6.45) is -6.34. The molecule has 19 nitrogen and oxygen atoms in total. The van der Waals surface area contributed by atoms with Gasteiger partial charge in [0, 0.05) is 0 Å². The number of ether oxygens (including phenoxy) is 2. The van der Waals surface area contributed by atoms with Crippen molar-refractivity contribution in [3.05, 3.63) is 25.3 Å². The number of aromatic nitrogens is 8. The van der Waals surface area contributed by atoms with E-state index in [1.54, 1.807) is 0 Å². The van der Waals surface area contributed by atoms with E-state index in [-0.39, 0.29) is 34.0 Å². The lowest BCUT2D eigenvalue weighted by Gasteiger charge is -2.25. The number of nitrogen functional groups attached to an aromatic ring is 2. The van der Waals surface area contributed by atoms with Crippen LogP contribution in [0.25, 0.3) is 22.3 Å². The summed E-state index contributed by atoms with van der Waals surface area (Å²) in [7, 11) is -3.39. The van der Waals surface area contributed by atoms with Crippen LogP contribution in [0.2, 0.25) is 0 Å². The normalized spacial score (nSPS) is 37.1. The molecule has 10 atom stereocenters. The second kappa shape index (κ2) is 11.0. The Labute approximate surface area is 245 Å². The Bertz CT molecular complexity index is 1770. The third-order valence-electron chi connectivity index (χ3n) is 7.15. The smallest absolute Gasteiger partial charge is 0.386 e. The van der Waals surface area contributed by atoms with Gasteiger partial charge in [-0.2, -0.15) is 0 Å². The minimum atomic E-state index is -4.36. The lowest BCUT2D eigenvalue weighted by Crippen LogP contribution is -2.35. The first kappa shape index (κ1) is 28.9. The van der Waals surface area contributed by atoms with Crippen molar-refractivity contribution in [3.8, 4) is 0 Å². The predicted octanol–water partition coefficient (Wildman–Crippen LogP) is 0.569. The molecule has 230 valence electrons. The first-order valence-electron chi connectivity index (χ1n) is 12.6. The van der Waals surface area contributed by atoms with Crippen LogP contribution in [0.3, 0.4) is 0 Å². The van der Waals surface area contributed by atoms with E-state index >= 15 is 4.39 Å². The highest BCUT2D eigenvalue weighted by atomic mass is 32.7. The zero-order valence-corrected chi connectivity index (χ0v) is 24.3. The summed E-state index contributed by atoms with van der Waals surface area (Å²) in [4.78, 5) is 24.3. The molecule has 3 aliphatic heterocycles. The molecule has 7 heterocycles. The molecule has 3 aliphatic rings. The van der Waals surface area contributed by atoms with Crippen molar-refractivity contribution in [1.82, 2.24) is 39.0 Å². The van der Waals surface area contributed by atoms with Crippen LogP contribution in [0.15, 0.2) is 25.3 Å². The molecule has 0 saturated carbocycles. The van der Waals surface area contributed by atoms with E-state index in [1.165, 1.54) is 34.4 Å². The molecule has 7 rings (SSSR count). The van der Waals surface area contributed by atoms with Crippen molar-refractivity contribution in [2.24, 2.45) is 0 Å². The zero-order valence-electron chi connectivity index (χ0n) is 21.6. The summed E-state index contributed by atoms with van der Waals surface area (Å²) in [5.41, 5.74) is 12.6. The first-order valence-corrected chi connectivity index (χ1v) is 16.5. The van der Waals surface area contributed by atoms with E-state index in [0.717, 1.165) is 0 Å². The van der Waals surface area contributed by atoms with Crippen molar-refractivity contribution >= 4 is 61.3 Å². The SMILES string of the molecule is Nc1ncnc2c1ncn2[C@@H]1OC2COP(=O)(S)O[C@H]3[C@H](n4cnc5c(N)ncnc54)OC(CO[PH](=O)O[C@H]2[C@H]1O)[C@@H]3F. The van der Waals surface area contributed by atoms with Gasteiger partial charge in [0.1, 0.15) is 54.2 Å². The second-order valence-corrected chi connectivity index (χ2v) is 13.6. The molecule has 0 amide bonds. The fourth-order valence-corrected chi connectivity index (χ4v) is 7.49. The van der Waals surface area contributed by atoms with Crippen molar-refractivity contribution in [2.75, 3.05) is 24.7 Å². The van der Waals surface area contributed by atoms with Gasteiger partial charge >= 0.3 is 15.1 Å². The lowest BCUT2D eigenvalue weighted by molar-refractivity contribution is -0.0569. The van der Waals surface area contributed by atoms with E-state index in [9.17, 15) is 14.2 Å². The summed E-state index contributed by atoms with van der Waals surface area (Å²) in [6.45, 7) is -5.46. The molecule has 5 N–H and O–H groups in total. The molecule has 0 aromatic carbocycles. The Hall–Kier alpha value is -2.84. The number of hydrogen-bond donors (Lipinski definition) is 4. The Morgan fingerprint density at radius 2 is 1.53 bits per heavy atom. The minimum Gasteiger partial charge on any atom is -0.386 e. The maximum atomic E-state index is 15.7. The van der Waals surface area contributed by atoms with Gasteiger partial charge in [0.25, 0.3) is 0 Å². The van der Waals surface area contributed by atoms with Gasteiger partial charge in [-0.3, -0.25) is 22.7 Å². The topological polar surface area (TPSA) is 249 Å². The molecule has 3 saturated heterocycles. The number of nitrogens with two attached hydrogens (primary N) is 2. The van der Waals surface area contributed by atoms with Crippen LogP contribution in [0.4, 0.5) is 16.0 Å². The summed E-state index contributed by atoms with van der Waals surface area (Å²) in [5, 5.41) is 11.1. The van der Waals surface area contributed by atoms with E-state index in [0.29, 0.717) is 0 Å². The number of fused-ring (bicyclic) bond motifs is 5. The van der Waals surface area contributed by atoms with E-state index in [1.807, 2.05) is 0 Å². The molecule has 43 heavy (non-hydrogen) atoms. The molecule has 3 fully saturated rings. The van der Waals surface area contributed by atoms with E-state index in [4.69, 9.17) is 39.0 Å². The number of aliphatic hydroxyl groups excluding tert-OH is 1. The van der Waals surface area contributed by atoms with E-state index in [2.05, 4.69) is 42.2 Å². The van der Waals surface area contributed by atoms with Crippen LogP contribution in [0, 0.1) is 0 Å². The number of alkyl halides is 1. The van der Waals surface area contributed by atoms with Crippen LogP contribution in [0.5, 0.6) is 0 Å². The first-order chi connectivity index (χ1) is 20.6. The zero-order chi connectivity index (χ0) is 30.0. The average molecular weight is 660 g/mol. The fraction of sp³-hybridized carbons (Fsp3) is 0.500. The number of aliphatic hydroxyl groups is 1. The highest BCUT2D eigenvalue weighted by Crippen LogP contribution is 2.58. The Morgan fingerprint density at radius 1 is 0.930 bits per heavy atom. The van der Waals surface area contributed by atoms with Gasteiger partial charge in [0.2, 0.25) is 0 Å². The molecular formula is C20H23FN10O9P2S. The molecule has 0 radical (unpaired) electrons. The fourth-order valence-electron chi connectivity index (χ4n) is 5.15. The monoisotopic (exact) mass is 660 g/mol. The number of halogens is 1. The molecular weight excluding hydrogens is 637 g/mol. The molecule has 4 aromatic rings. The summed E-state index contributed by atoms with van der Waals surface area (Å²) in [5.74, 6) is 0.175. The van der Waals surface area contributed by atoms with Crippen LogP contribution < -0.4 is 11.5 Å². The minimum absolute atomic E-state index is 0.0724. The van der Waals surface area contributed by atoms with Gasteiger partial charge in [-0.1, -0.05) is 12.2 Å². The molecule has 0 spiro atoms. The number of nitrogens with zero attached hydrogens (tertiary/aromatic N) is 8. The molecule has 4 unspecified atom stereocenters. The largest absolute Gasteiger partial charge is 0.386 e. The number of anilines is 2. The van der Waals surface area contributed by atoms with Gasteiger partial charge in [-0.15, -0.1) is 0 Å². The van der Waals surface area contributed by atoms with Gasteiger partial charge < -0.3 is 35.1 Å². The van der Waals surface area contributed by atoms with Crippen LogP contribution >= 0.6 is 27.3 Å². The van der Waals surface area contributed by atoms with Gasteiger partial charge in [0.15, 0.2) is 41.6 Å². The summed E-state index contributed by atoms with van der Waals surface area (Å²) >= 11 is 4.05. The van der Waals surface area contributed by atoms with Crippen LogP contribution in [-0.4, -0.2) is 94.0 Å². The Kier molecular flexibility index (Phi) is 7.36. The van der Waals surface area contributed by atoms with Crippen molar-refractivity contribution in [2.45, 2.75) is 49.1 Å². The van der Waals surface area contributed by atoms with Gasteiger partial charge in [-0.05, 0) is 0 Å². The lowest BCUT2D eigenvalue weighted by atomic mass is 10.1. The third kappa shape index (κ3) is 5.08. The molecule has 2 bridgehead atoms. The molecule has 0 aliphatic carbocycles. The molecule has 23 heteroatoms. The van der Waals surface area contributed by atoms with Crippen LogP contribution in [-0.2, 0) is 36.7 Å². The summed E-state index contributed by atoms with van der Waals surface area (Å²) in [6, 6.07) is 0. The number of imidazole rings is 2. The maximum absolute atomic E-state index is 15.7. The maximum Gasteiger partial charge on any atom is 0.386 e. The Balaban J connectivity index is 1.18. The molecule has 4 aromatic heterocycles. The third-order valence-corrected chi connectivity index (χ3v) is 9.63. The highest BCUT2D eigenvalue weighted by molar-refractivity contribution is 8.44. The number of thiol groups is 1. The number of hydrogen-bond acceptors (Lipinski definition) is 17. The number of rotatable bonds is 2. The second-order valence-electron chi connectivity index (χ2n) is 9.71. The van der Waals surface area contributed by atoms with E-state index < -0.39 is 77.4 Å². The summed E-state index contributed by atoms with van der Waals surface area (Å²) < 4.78 is 78.5. The van der Waals surface area contributed by atoms with Crippen molar-refractivity contribution < 1.29 is 46.2 Å². The van der Waals surface area contributed by atoms with Crippen LogP contribution in [0.1, 0.15) is 12.5 Å². The predicted molar refractivity (Wildman–Crippen MR) is 145 cm³/mol. The van der Waals surface area contributed by atoms with Gasteiger partial charge in [-0.25, -0.2) is 38.9 Å². The standard InChI is InChI=1S/C20H23FN10O9P2S/c21-9-7-1-35-41(33)39-13-8(38-19(12(13)32)30-5-28-10-15(22)24-3-26-17(10)30)2-36-42(34,43)40-14(9)20(37-7)31-6-29-11-16(23)25-4-27-18(11)31/h3-9,12-14,19-20,32,41H,1-2H2,(H,34,43)(H2,22,24,26)(H2,23,25,27)/t7?,8?,9-,12+,13+,14+,19+,20+,42?/m0/s1. The average Bonchev–Trinajstić information content (AvgIpc) is 3.73. The quantitative estimate of drug-likeness (QED) is 0.169. The van der Waals surface area contributed by atoms with Gasteiger partial charge in [0.05, 0.1) is 25.9 Å². The Morgan fingerprint density at radius 3 is 2.19 bits per heavy atom. The van der Waals surface area contributed by atoms with Crippen molar-refractivity contribution in [1.29, 1.82) is 0 Å². The van der Waals surface area contributed by atoms with Crippen molar-refractivity contribution in [3.63, 3.8) is 0 Å². The highest BCUT2D eigenvalue weighted by Gasteiger charge is 2.52.